The summed E-state index contributed by atoms with van der Waals surface area (Å²) in [6.07, 6.45) is 1.72. The van der Waals surface area contributed by atoms with E-state index in [1.165, 1.54) is 6.07 Å². The van der Waals surface area contributed by atoms with Crippen molar-refractivity contribution in [2.45, 2.75) is 44.6 Å². The van der Waals surface area contributed by atoms with Crippen molar-refractivity contribution in [1.29, 1.82) is 0 Å². The molecule has 2 aromatic carbocycles. The van der Waals surface area contributed by atoms with Crippen LogP contribution in [-0.4, -0.2) is 52.5 Å². The molecule has 3 aliphatic rings. The van der Waals surface area contributed by atoms with Crippen LogP contribution in [0.15, 0.2) is 53.3 Å². The standard InChI is InChI=1S/C29H28F2N4O4/c1-33-12-5-13-34-28(33)22-11-10-21-23(27(37)32-15-18-8-9-19(30)14-20(18)31)25(36)26(24(29(34)38)35(21)22)39-16-17-6-3-2-4-7-17/h2-4,6-9,14,22,28H,5,10-13,15-16H2,1H3,(H,32,37). The van der Waals surface area contributed by atoms with Gasteiger partial charge >= 0.3 is 0 Å². The maximum Gasteiger partial charge on any atom is 0.275 e. The summed E-state index contributed by atoms with van der Waals surface area (Å²) in [6, 6.07) is 12.2. The van der Waals surface area contributed by atoms with Gasteiger partial charge in [-0.25, -0.2) is 8.78 Å². The molecule has 6 rings (SSSR count). The highest BCUT2D eigenvalue weighted by atomic mass is 19.1. The summed E-state index contributed by atoms with van der Waals surface area (Å²) in [6.45, 7) is 1.24. The van der Waals surface area contributed by atoms with Crippen molar-refractivity contribution < 1.29 is 23.1 Å². The Balaban J connectivity index is 1.43. The van der Waals surface area contributed by atoms with Gasteiger partial charge in [-0.05, 0) is 37.9 Å². The number of fused-ring (bicyclic) bond motifs is 2. The van der Waals surface area contributed by atoms with Gasteiger partial charge in [0.1, 0.15) is 30.0 Å². The molecule has 1 fully saturated rings. The minimum Gasteiger partial charge on any atom is -0.483 e. The molecule has 202 valence electrons. The lowest BCUT2D eigenvalue weighted by atomic mass is 10.0. The number of pyridine rings is 1. The number of ether oxygens (including phenoxy) is 1. The van der Waals surface area contributed by atoms with E-state index in [2.05, 4.69) is 10.2 Å². The number of benzene rings is 2. The molecule has 0 saturated carbocycles. The molecule has 39 heavy (non-hydrogen) atoms. The Morgan fingerprint density at radius 3 is 2.67 bits per heavy atom. The van der Waals surface area contributed by atoms with E-state index < -0.39 is 23.0 Å². The number of aromatic nitrogens is 1. The third kappa shape index (κ3) is 4.28. The molecule has 1 saturated heterocycles. The molecule has 4 heterocycles. The number of nitrogens with zero attached hydrogens (tertiary/aromatic N) is 3. The first-order valence-electron chi connectivity index (χ1n) is 13.1. The number of nitrogens with one attached hydrogen (secondary N) is 1. The van der Waals surface area contributed by atoms with Crippen molar-refractivity contribution in [3.63, 3.8) is 0 Å². The summed E-state index contributed by atoms with van der Waals surface area (Å²) in [5.41, 5.74) is 0.793. The van der Waals surface area contributed by atoms with Gasteiger partial charge in [-0.1, -0.05) is 36.4 Å². The first kappa shape index (κ1) is 25.2. The number of hydrogen-bond donors (Lipinski definition) is 1. The molecule has 1 N–H and O–H groups in total. The van der Waals surface area contributed by atoms with Gasteiger partial charge in [-0.15, -0.1) is 0 Å². The highest BCUT2D eigenvalue weighted by molar-refractivity contribution is 6.00. The molecule has 0 spiro atoms. The third-order valence-corrected chi connectivity index (χ3v) is 7.87. The largest absolute Gasteiger partial charge is 0.483 e. The topological polar surface area (TPSA) is 83.9 Å². The van der Waals surface area contributed by atoms with E-state index in [1.54, 1.807) is 0 Å². The smallest absolute Gasteiger partial charge is 0.275 e. The Kier molecular flexibility index (Phi) is 6.42. The summed E-state index contributed by atoms with van der Waals surface area (Å²) >= 11 is 0. The van der Waals surface area contributed by atoms with Crippen LogP contribution >= 0.6 is 0 Å². The number of halogens is 2. The minimum absolute atomic E-state index is 0.0472. The van der Waals surface area contributed by atoms with Gasteiger partial charge in [-0.2, -0.15) is 0 Å². The molecule has 2 atom stereocenters. The zero-order valence-corrected chi connectivity index (χ0v) is 21.5. The van der Waals surface area contributed by atoms with E-state index in [1.807, 2.05) is 46.8 Å². The number of rotatable bonds is 6. The van der Waals surface area contributed by atoms with E-state index in [0.717, 1.165) is 30.7 Å². The van der Waals surface area contributed by atoms with E-state index in [4.69, 9.17) is 4.74 Å². The summed E-state index contributed by atoms with van der Waals surface area (Å²) in [5, 5.41) is 2.62. The lowest BCUT2D eigenvalue weighted by Gasteiger charge is -2.49. The van der Waals surface area contributed by atoms with Crippen molar-refractivity contribution >= 4 is 11.8 Å². The predicted octanol–water partition coefficient (Wildman–Crippen LogP) is 3.24. The second kappa shape index (κ2) is 9.92. The Labute approximate surface area is 223 Å². The molecule has 2 unspecified atom stereocenters. The van der Waals surface area contributed by atoms with E-state index in [0.29, 0.717) is 25.1 Å². The van der Waals surface area contributed by atoms with Crippen molar-refractivity contribution in [3.8, 4) is 5.75 Å². The van der Waals surface area contributed by atoms with E-state index in [9.17, 15) is 23.2 Å². The van der Waals surface area contributed by atoms with Gasteiger partial charge in [0.2, 0.25) is 5.43 Å². The van der Waals surface area contributed by atoms with Gasteiger partial charge in [0.05, 0.1) is 6.04 Å². The quantitative estimate of drug-likeness (QED) is 0.525. The van der Waals surface area contributed by atoms with E-state index in [-0.39, 0.29) is 53.8 Å². The monoisotopic (exact) mass is 534 g/mol. The van der Waals surface area contributed by atoms with Crippen LogP contribution in [0.2, 0.25) is 0 Å². The molecular weight excluding hydrogens is 506 g/mol. The second-order valence-electron chi connectivity index (χ2n) is 10.2. The molecule has 0 aliphatic carbocycles. The molecule has 1 aromatic heterocycles. The van der Waals surface area contributed by atoms with Crippen molar-refractivity contribution in [2.24, 2.45) is 0 Å². The zero-order chi connectivity index (χ0) is 27.3. The zero-order valence-electron chi connectivity index (χ0n) is 21.5. The van der Waals surface area contributed by atoms with Gasteiger partial charge in [-0.3, -0.25) is 19.3 Å². The number of carbonyl (C=O) groups is 2. The molecule has 10 heteroatoms. The van der Waals surface area contributed by atoms with Crippen LogP contribution in [0.5, 0.6) is 5.75 Å². The van der Waals surface area contributed by atoms with Crippen LogP contribution in [0.3, 0.4) is 0 Å². The average Bonchev–Trinajstić information content (AvgIpc) is 3.35. The molecule has 0 bridgehead atoms. The van der Waals surface area contributed by atoms with Crippen molar-refractivity contribution in [2.75, 3.05) is 20.1 Å². The Bertz CT molecular complexity index is 1520. The lowest BCUT2D eigenvalue weighted by molar-refractivity contribution is -0.0153. The van der Waals surface area contributed by atoms with Crippen molar-refractivity contribution in [1.82, 2.24) is 19.7 Å². The normalized spacial score (nSPS) is 20.0. The Hall–Kier alpha value is -4.05. The second-order valence-corrected chi connectivity index (χ2v) is 10.2. The van der Waals surface area contributed by atoms with Crippen LogP contribution < -0.4 is 15.5 Å². The highest BCUT2D eigenvalue weighted by Crippen LogP contribution is 2.42. The number of carbonyl (C=O) groups excluding carboxylic acids is 2. The highest BCUT2D eigenvalue weighted by Gasteiger charge is 2.49. The van der Waals surface area contributed by atoms with Gasteiger partial charge in [0.15, 0.2) is 11.4 Å². The third-order valence-electron chi connectivity index (χ3n) is 7.87. The van der Waals surface area contributed by atoms with Crippen molar-refractivity contribution in [3.05, 3.63) is 98.5 Å². The molecule has 3 aromatic rings. The molecular formula is C29H28F2N4O4. The Morgan fingerprint density at radius 1 is 1.10 bits per heavy atom. The fourth-order valence-corrected chi connectivity index (χ4v) is 6.10. The maximum absolute atomic E-state index is 14.2. The number of amides is 2. The van der Waals surface area contributed by atoms with Crippen LogP contribution in [-0.2, 0) is 19.6 Å². The first-order valence-corrected chi connectivity index (χ1v) is 13.1. The lowest BCUT2D eigenvalue weighted by Crippen LogP contribution is -2.61. The predicted molar refractivity (Wildman–Crippen MR) is 138 cm³/mol. The molecule has 8 nitrogen and oxygen atoms in total. The maximum atomic E-state index is 14.2. The number of hydrogen-bond acceptors (Lipinski definition) is 5. The molecule has 3 aliphatic heterocycles. The van der Waals surface area contributed by atoms with Crippen LogP contribution in [0.25, 0.3) is 0 Å². The SMILES string of the molecule is CN1CCCN2C(=O)c3c(OCc4ccccc4)c(=O)c(C(=O)NCc4ccc(F)cc4F)c4n3C(CC4)C12. The van der Waals surface area contributed by atoms with Gasteiger partial charge in [0.25, 0.3) is 11.8 Å². The summed E-state index contributed by atoms with van der Waals surface area (Å²) < 4.78 is 35.4. The van der Waals surface area contributed by atoms with Crippen LogP contribution in [0, 0.1) is 11.6 Å². The minimum atomic E-state index is -0.792. The van der Waals surface area contributed by atoms with Gasteiger partial charge in [0, 0.05) is 37.0 Å². The molecule has 2 amide bonds. The summed E-state index contributed by atoms with van der Waals surface area (Å²) in [5.74, 6) is -2.64. The first-order chi connectivity index (χ1) is 18.8. The van der Waals surface area contributed by atoms with Crippen LogP contribution in [0.1, 0.15) is 56.6 Å². The fourth-order valence-electron chi connectivity index (χ4n) is 6.10. The summed E-state index contributed by atoms with van der Waals surface area (Å²) in [4.78, 5) is 45.2. The van der Waals surface area contributed by atoms with Crippen LogP contribution in [0.4, 0.5) is 8.78 Å². The van der Waals surface area contributed by atoms with Gasteiger partial charge < -0.3 is 19.5 Å². The average molecular weight is 535 g/mol. The fraction of sp³-hybridized carbons (Fsp3) is 0.345. The summed E-state index contributed by atoms with van der Waals surface area (Å²) in [7, 11) is 1.98. The van der Waals surface area contributed by atoms with E-state index >= 15 is 0 Å². The molecule has 0 radical (unpaired) electrons. The number of likely N-dealkylation sites (N-methyl/N-ethyl adjacent to an activating group) is 1. The Morgan fingerprint density at radius 2 is 1.90 bits per heavy atom.